The van der Waals surface area contributed by atoms with Crippen LogP contribution in [-0.2, 0) is 0 Å². The van der Waals surface area contributed by atoms with E-state index in [-0.39, 0.29) is 21.1 Å². The number of anilines is 1. The number of nitrogens with zero attached hydrogens (tertiary/aromatic N) is 3. The molecule has 2 N–H and O–H groups in total. The molecule has 0 radical (unpaired) electrons. The molecule has 1 saturated heterocycles. The third kappa shape index (κ3) is 3.30. The minimum atomic E-state index is -0.360. The van der Waals surface area contributed by atoms with Crippen molar-refractivity contribution in [3.8, 4) is 0 Å². The number of nitro groups is 1. The molecule has 1 aromatic rings. The van der Waals surface area contributed by atoms with Gasteiger partial charge in [-0.15, -0.1) is 0 Å². The summed E-state index contributed by atoms with van der Waals surface area (Å²) in [6.45, 7) is 4.96. The van der Waals surface area contributed by atoms with Gasteiger partial charge < -0.3 is 10.2 Å². The lowest BCUT2D eigenvalue weighted by atomic mass is 10.1. The van der Waals surface area contributed by atoms with E-state index >= 15 is 0 Å². The number of hydrogen-bond donors (Lipinski definition) is 2. The van der Waals surface area contributed by atoms with Gasteiger partial charge in [0.05, 0.1) is 15.9 Å². The summed E-state index contributed by atoms with van der Waals surface area (Å²) in [4.78, 5) is 24.4. The number of nitro benzene ring substituents is 1. The summed E-state index contributed by atoms with van der Waals surface area (Å²) in [5.74, 6) is 0. The molecule has 1 amide bonds. The number of hydrogen-bond acceptors (Lipinski definition) is 7. The summed E-state index contributed by atoms with van der Waals surface area (Å²) in [6.07, 6.45) is 0. The van der Waals surface area contributed by atoms with Crippen LogP contribution in [0.5, 0.6) is 0 Å². The van der Waals surface area contributed by atoms with E-state index in [9.17, 15) is 14.9 Å². The van der Waals surface area contributed by atoms with E-state index in [1.165, 1.54) is 0 Å². The Labute approximate surface area is 137 Å². The predicted molar refractivity (Wildman–Crippen MR) is 90.3 cm³/mol. The molecule has 0 spiro atoms. The molecule has 3 rings (SSSR count). The summed E-state index contributed by atoms with van der Waals surface area (Å²) in [6, 6.07) is 5.15. The van der Waals surface area contributed by atoms with Gasteiger partial charge in [-0.3, -0.25) is 14.9 Å². The summed E-state index contributed by atoms with van der Waals surface area (Å²) in [5, 5.41) is 18.4. The van der Waals surface area contributed by atoms with Crippen LogP contribution < -0.4 is 15.6 Å². The van der Waals surface area contributed by atoms with Crippen LogP contribution in [0.1, 0.15) is 12.5 Å². The zero-order chi connectivity index (χ0) is 16.4. The van der Waals surface area contributed by atoms with Gasteiger partial charge in [0.2, 0.25) is 0 Å². The van der Waals surface area contributed by atoms with Crippen LogP contribution >= 0.6 is 11.8 Å². The Kier molecular flexibility index (Phi) is 4.49. The molecule has 0 aromatic heterocycles. The van der Waals surface area contributed by atoms with Crippen LogP contribution in [0.25, 0.3) is 0 Å². The Morgan fingerprint density at radius 1 is 1.39 bits per heavy atom. The Morgan fingerprint density at radius 2 is 2.13 bits per heavy atom. The number of piperazine rings is 1. The molecule has 1 atom stereocenters. The number of rotatable bonds is 3. The SMILES string of the molecule is CC1SC(=O)NN=C1c1ccc(N2CCNCC2)c([N+](=O)[O-])c1. The van der Waals surface area contributed by atoms with Crippen LogP contribution in [0.4, 0.5) is 16.2 Å². The molecule has 0 bridgehead atoms. The highest BCUT2D eigenvalue weighted by Crippen LogP contribution is 2.31. The second-order valence-corrected chi connectivity index (χ2v) is 6.67. The van der Waals surface area contributed by atoms with E-state index in [4.69, 9.17) is 0 Å². The lowest BCUT2D eigenvalue weighted by molar-refractivity contribution is -0.384. The van der Waals surface area contributed by atoms with Crippen LogP contribution in [-0.4, -0.2) is 47.3 Å². The summed E-state index contributed by atoms with van der Waals surface area (Å²) >= 11 is 1.12. The van der Waals surface area contributed by atoms with Crippen molar-refractivity contribution in [2.24, 2.45) is 5.10 Å². The van der Waals surface area contributed by atoms with Gasteiger partial charge in [0.1, 0.15) is 5.69 Å². The molecule has 0 aliphatic carbocycles. The summed E-state index contributed by atoms with van der Waals surface area (Å²) in [5.41, 5.74) is 4.41. The van der Waals surface area contributed by atoms with Crippen molar-refractivity contribution in [2.45, 2.75) is 12.2 Å². The van der Waals surface area contributed by atoms with Gasteiger partial charge in [0.15, 0.2) is 0 Å². The van der Waals surface area contributed by atoms with E-state index in [2.05, 4.69) is 15.8 Å². The predicted octanol–water partition coefficient (Wildman–Crippen LogP) is 1.55. The number of amides is 1. The first-order chi connectivity index (χ1) is 11.1. The first-order valence-corrected chi connectivity index (χ1v) is 8.23. The molecule has 2 heterocycles. The van der Waals surface area contributed by atoms with Gasteiger partial charge in [0.25, 0.3) is 10.9 Å². The minimum Gasteiger partial charge on any atom is -0.363 e. The van der Waals surface area contributed by atoms with Gasteiger partial charge in [-0.1, -0.05) is 17.8 Å². The molecule has 2 aliphatic heterocycles. The maximum absolute atomic E-state index is 11.5. The van der Waals surface area contributed by atoms with Crippen molar-refractivity contribution >= 4 is 34.1 Å². The van der Waals surface area contributed by atoms with Gasteiger partial charge in [-0.2, -0.15) is 5.10 Å². The standard InChI is InChI=1S/C14H17N5O3S/c1-9-13(16-17-14(20)23-9)10-2-3-11(12(8-10)19(21)22)18-6-4-15-5-7-18/h2-3,8-9,15H,4-7H2,1H3,(H,17,20). The molecule has 1 unspecified atom stereocenters. The highest BCUT2D eigenvalue weighted by atomic mass is 32.2. The number of carbonyl (C=O) groups excluding carboxylic acids is 1. The monoisotopic (exact) mass is 335 g/mol. The zero-order valence-corrected chi connectivity index (χ0v) is 13.4. The first kappa shape index (κ1) is 15.8. The summed E-state index contributed by atoms with van der Waals surface area (Å²) < 4.78 is 0. The number of carbonyl (C=O) groups is 1. The Hall–Kier alpha value is -2.13. The zero-order valence-electron chi connectivity index (χ0n) is 12.6. The number of benzene rings is 1. The number of hydrazone groups is 1. The van der Waals surface area contributed by atoms with Crippen LogP contribution in [0.3, 0.4) is 0 Å². The van der Waals surface area contributed by atoms with E-state index in [1.807, 2.05) is 17.9 Å². The average molecular weight is 335 g/mol. The fourth-order valence-corrected chi connectivity index (χ4v) is 3.46. The van der Waals surface area contributed by atoms with Gasteiger partial charge in [-0.05, 0) is 13.0 Å². The normalized spacial score (nSPS) is 21.6. The lowest BCUT2D eigenvalue weighted by Crippen LogP contribution is -2.43. The van der Waals surface area contributed by atoms with E-state index < -0.39 is 0 Å². The van der Waals surface area contributed by atoms with Crippen LogP contribution in [0.2, 0.25) is 0 Å². The maximum atomic E-state index is 11.5. The van der Waals surface area contributed by atoms with Crippen LogP contribution in [0.15, 0.2) is 23.3 Å². The van der Waals surface area contributed by atoms with Crippen molar-refractivity contribution in [2.75, 3.05) is 31.1 Å². The Bertz CT molecular complexity index is 672. The van der Waals surface area contributed by atoms with E-state index in [0.29, 0.717) is 17.0 Å². The first-order valence-electron chi connectivity index (χ1n) is 7.35. The van der Waals surface area contributed by atoms with Crippen molar-refractivity contribution < 1.29 is 9.72 Å². The van der Waals surface area contributed by atoms with Gasteiger partial charge in [-0.25, -0.2) is 5.43 Å². The van der Waals surface area contributed by atoms with Crippen molar-refractivity contribution in [3.63, 3.8) is 0 Å². The topological polar surface area (TPSA) is 99.9 Å². The molecule has 2 aliphatic rings. The summed E-state index contributed by atoms with van der Waals surface area (Å²) in [7, 11) is 0. The highest BCUT2D eigenvalue weighted by Gasteiger charge is 2.26. The van der Waals surface area contributed by atoms with Crippen molar-refractivity contribution in [1.82, 2.24) is 10.7 Å². The molecule has 9 heteroatoms. The van der Waals surface area contributed by atoms with Crippen molar-refractivity contribution in [3.05, 3.63) is 33.9 Å². The minimum absolute atomic E-state index is 0.0706. The molecular weight excluding hydrogens is 318 g/mol. The molecule has 122 valence electrons. The molecule has 1 fully saturated rings. The average Bonchev–Trinajstić information content (AvgIpc) is 2.55. The van der Waals surface area contributed by atoms with Gasteiger partial charge in [0, 0.05) is 37.8 Å². The van der Waals surface area contributed by atoms with E-state index in [1.54, 1.807) is 12.1 Å². The smallest absolute Gasteiger partial charge is 0.299 e. The second kappa shape index (κ2) is 6.55. The largest absolute Gasteiger partial charge is 0.363 e. The molecule has 0 saturated carbocycles. The Morgan fingerprint density at radius 3 is 2.78 bits per heavy atom. The fourth-order valence-electron chi connectivity index (χ4n) is 2.74. The molecule has 1 aromatic carbocycles. The highest BCUT2D eigenvalue weighted by molar-refractivity contribution is 8.14. The fraction of sp³-hybridized carbons (Fsp3) is 0.429. The molecule has 23 heavy (non-hydrogen) atoms. The molecule has 8 nitrogen and oxygen atoms in total. The quantitative estimate of drug-likeness (QED) is 0.642. The van der Waals surface area contributed by atoms with Gasteiger partial charge >= 0.3 is 0 Å². The Balaban J connectivity index is 1.96. The van der Waals surface area contributed by atoms with E-state index in [0.717, 1.165) is 37.9 Å². The maximum Gasteiger partial charge on any atom is 0.299 e. The lowest BCUT2D eigenvalue weighted by Gasteiger charge is -2.29. The number of thioether (sulfide) groups is 1. The second-order valence-electron chi connectivity index (χ2n) is 5.35. The van der Waals surface area contributed by atoms with Crippen LogP contribution in [0, 0.1) is 10.1 Å². The van der Waals surface area contributed by atoms with Crippen molar-refractivity contribution in [1.29, 1.82) is 0 Å². The molecular formula is C14H17N5O3S. The number of nitrogens with one attached hydrogen (secondary N) is 2. The third-order valence-electron chi connectivity index (χ3n) is 3.86. The third-order valence-corrected chi connectivity index (χ3v) is 4.74.